The quantitative estimate of drug-likeness (QED) is 0.726. The summed E-state index contributed by atoms with van der Waals surface area (Å²) < 4.78 is 0. The van der Waals surface area contributed by atoms with Crippen LogP contribution in [0.25, 0.3) is 10.8 Å². The van der Waals surface area contributed by atoms with Crippen molar-refractivity contribution < 1.29 is 10.2 Å². The van der Waals surface area contributed by atoms with Crippen LogP contribution < -0.4 is 0 Å². The fraction of sp³-hybridized carbons (Fsp3) is 0.158. The lowest BCUT2D eigenvalue weighted by Crippen LogP contribution is -1.92. The first-order chi connectivity index (χ1) is 10.1. The SMILES string of the molecule is Cc1cc(Cc2ccc3ccccc3c2O)cc(C)c1O. The molecule has 0 bridgehead atoms. The van der Waals surface area contributed by atoms with E-state index < -0.39 is 0 Å². The number of phenols is 2. The van der Waals surface area contributed by atoms with Crippen LogP contribution in [0.15, 0.2) is 48.5 Å². The molecule has 0 amide bonds. The summed E-state index contributed by atoms with van der Waals surface area (Å²) in [6.07, 6.45) is 0.651. The molecular weight excluding hydrogens is 260 g/mol. The Hall–Kier alpha value is -2.48. The van der Waals surface area contributed by atoms with Gasteiger partial charge in [-0.15, -0.1) is 0 Å². The van der Waals surface area contributed by atoms with Gasteiger partial charge in [-0.25, -0.2) is 0 Å². The average molecular weight is 278 g/mol. The molecule has 21 heavy (non-hydrogen) atoms. The first kappa shape index (κ1) is 13.5. The topological polar surface area (TPSA) is 40.5 Å². The van der Waals surface area contributed by atoms with Crippen LogP contribution >= 0.6 is 0 Å². The standard InChI is InChI=1S/C19H18O2/c1-12-9-14(10-13(2)18(12)20)11-16-8-7-15-5-3-4-6-17(15)19(16)21/h3-10,20-21H,11H2,1-2H3. The lowest BCUT2D eigenvalue weighted by molar-refractivity contribution is 0.466. The Balaban J connectivity index is 2.04. The number of rotatable bonds is 2. The highest BCUT2D eigenvalue weighted by atomic mass is 16.3. The minimum absolute atomic E-state index is 0.344. The molecule has 0 saturated heterocycles. The molecule has 0 aliphatic rings. The van der Waals surface area contributed by atoms with Crippen LogP contribution in [-0.4, -0.2) is 10.2 Å². The molecule has 0 heterocycles. The van der Waals surface area contributed by atoms with Gasteiger partial charge in [0.1, 0.15) is 11.5 Å². The molecule has 3 aromatic rings. The van der Waals surface area contributed by atoms with Crippen molar-refractivity contribution in [1.82, 2.24) is 0 Å². The van der Waals surface area contributed by atoms with Gasteiger partial charge in [-0.1, -0.05) is 48.5 Å². The van der Waals surface area contributed by atoms with Crippen LogP contribution in [0.4, 0.5) is 0 Å². The second kappa shape index (κ2) is 5.13. The fourth-order valence-corrected chi connectivity index (χ4v) is 2.81. The van der Waals surface area contributed by atoms with Gasteiger partial charge < -0.3 is 10.2 Å². The lowest BCUT2D eigenvalue weighted by atomic mass is 9.97. The highest BCUT2D eigenvalue weighted by molar-refractivity contribution is 5.89. The van der Waals surface area contributed by atoms with Gasteiger partial charge in [-0.05, 0) is 41.5 Å². The fourth-order valence-electron chi connectivity index (χ4n) is 2.81. The summed E-state index contributed by atoms with van der Waals surface area (Å²) in [5.41, 5.74) is 3.72. The largest absolute Gasteiger partial charge is 0.507 e. The summed E-state index contributed by atoms with van der Waals surface area (Å²) in [4.78, 5) is 0. The Morgan fingerprint density at radius 1 is 0.810 bits per heavy atom. The van der Waals surface area contributed by atoms with Gasteiger partial charge in [-0.3, -0.25) is 0 Å². The van der Waals surface area contributed by atoms with Crippen LogP contribution in [0.1, 0.15) is 22.3 Å². The van der Waals surface area contributed by atoms with Crippen LogP contribution in [0, 0.1) is 13.8 Å². The Bertz CT molecular complexity index is 796. The normalized spacial score (nSPS) is 11.0. The van der Waals surface area contributed by atoms with E-state index in [0.29, 0.717) is 17.9 Å². The molecule has 0 aliphatic heterocycles. The minimum atomic E-state index is 0.344. The second-order valence-corrected chi connectivity index (χ2v) is 5.55. The molecule has 106 valence electrons. The molecule has 0 radical (unpaired) electrons. The zero-order valence-corrected chi connectivity index (χ0v) is 12.2. The maximum atomic E-state index is 10.5. The smallest absolute Gasteiger partial charge is 0.126 e. The Morgan fingerprint density at radius 3 is 2.19 bits per heavy atom. The molecule has 0 fully saturated rings. The van der Waals surface area contributed by atoms with E-state index in [0.717, 1.165) is 33.0 Å². The molecule has 3 aromatic carbocycles. The van der Waals surface area contributed by atoms with E-state index in [1.54, 1.807) is 0 Å². The maximum absolute atomic E-state index is 10.5. The van der Waals surface area contributed by atoms with Gasteiger partial charge in [0.25, 0.3) is 0 Å². The molecule has 0 spiro atoms. The number of phenolic OH excluding ortho intramolecular Hbond substituents is 2. The highest BCUT2D eigenvalue weighted by Crippen LogP contribution is 2.31. The third-order valence-corrected chi connectivity index (χ3v) is 3.93. The average Bonchev–Trinajstić information content (AvgIpc) is 2.48. The first-order valence-corrected chi connectivity index (χ1v) is 7.05. The van der Waals surface area contributed by atoms with Crippen LogP contribution in [0.3, 0.4) is 0 Å². The van der Waals surface area contributed by atoms with Crippen LogP contribution in [-0.2, 0) is 6.42 Å². The van der Waals surface area contributed by atoms with E-state index in [2.05, 4.69) is 0 Å². The molecule has 3 rings (SSSR count). The Kier molecular flexibility index (Phi) is 3.30. The van der Waals surface area contributed by atoms with Crippen LogP contribution in [0.2, 0.25) is 0 Å². The minimum Gasteiger partial charge on any atom is -0.507 e. The van der Waals surface area contributed by atoms with Gasteiger partial charge >= 0.3 is 0 Å². The zero-order valence-electron chi connectivity index (χ0n) is 12.2. The molecular formula is C19H18O2. The van der Waals surface area contributed by atoms with E-state index in [4.69, 9.17) is 0 Å². The highest BCUT2D eigenvalue weighted by Gasteiger charge is 2.09. The van der Waals surface area contributed by atoms with Gasteiger partial charge in [0.15, 0.2) is 0 Å². The van der Waals surface area contributed by atoms with Crippen molar-refractivity contribution >= 4 is 10.8 Å². The van der Waals surface area contributed by atoms with E-state index in [1.807, 2.05) is 62.4 Å². The molecule has 2 nitrogen and oxygen atoms in total. The van der Waals surface area contributed by atoms with Crippen molar-refractivity contribution in [3.63, 3.8) is 0 Å². The summed E-state index contributed by atoms with van der Waals surface area (Å²) >= 11 is 0. The Labute approximate surface area is 124 Å². The van der Waals surface area contributed by atoms with Crippen molar-refractivity contribution in [2.24, 2.45) is 0 Å². The number of fused-ring (bicyclic) bond motifs is 1. The van der Waals surface area contributed by atoms with Crippen LogP contribution in [0.5, 0.6) is 11.5 Å². The molecule has 2 heteroatoms. The van der Waals surface area contributed by atoms with Gasteiger partial charge in [0, 0.05) is 11.8 Å². The molecule has 0 atom stereocenters. The number of aryl methyl sites for hydroxylation is 2. The van der Waals surface area contributed by atoms with Crippen molar-refractivity contribution in [2.45, 2.75) is 20.3 Å². The van der Waals surface area contributed by atoms with Crippen molar-refractivity contribution in [2.75, 3.05) is 0 Å². The predicted octanol–water partition coefficient (Wildman–Crippen LogP) is 4.46. The number of hydrogen-bond donors (Lipinski definition) is 2. The van der Waals surface area contributed by atoms with Crippen molar-refractivity contribution in [3.8, 4) is 11.5 Å². The van der Waals surface area contributed by atoms with Crippen molar-refractivity contribution in [1.29, 1.82) is 0 Å². The Morgan fingerprint density at radius 2 is 1.48 bits per heavy atom. The van der Waals surface area contributed by atoms with Gasteiger partial charge in [-0.2, -0.15) is 0 Å². The monoisotopic (exact) mass is 278 g/mol. The van der Waals surface area contributed by atoms with E-state index in [9.17, 15) is 10.2 Å². The number of hydrogen-bond acceptors (Lipinski definition) is 2. The molecule has 2 N–H and O–H groups in total. The summed E-state index contributed by atoms with van der Waals surface area (Å²) in [7, 11) is 0. The third-order valence-electron chi connectivity index (χ3n) is 3.93. The van der Waals surface area contributed by atoms with E-state index in [-0.39, 0.29) is 0 Å². The zero-order chi connectivity index (χ0) is 15.0. The third kappa shape index (κ3) is 2.45. The summed E-state index contributed by atoms with van der Waals surface area (Å²) in [5.74, 6) is 0.693. The van der Waals surface area contributed by atoms with Crippen molar-refractivity contribution in [3.05, 3.63) is 70.8 Å². The van der Waals surface area contributed by atoms with Gasteiger partial charge in [0.2, 0.25) is 0 Å². The summed E-state index contributed by atoms with van der Waals surface area (Å²) in [6, 6.07) is 15.8. The second-order valence-electron chi connectivity index (χ2n) is 5.55. The van der Waals surface area contributed by atoms with E-state index in [1.165, 1.54) is 0 Å². The molecule has 0 aliphatic carbocycles. The molecule has 0 unspecified atom stereocenters. The molecule has 0 aromatic heterocycles. The maximum Gasteiger partial charge on any atom is 0.126 e. The summed E-state index contributed by atoms with van der Waals surface area (Å²) in [5, 5.41) is 22.2. The molecule has 0 saturated carbocycles. The number of benzene rings is 3. The first-order valence-electron chi connectivity index (χ1n) is 7.05. The predicted molar refractivity (Wildman–Crippen MR) is 86.0 cm³/mol. The summed E-state index contributed by atoms with van der Waals surface area (Å²) in [6.45, 7) is 3.79. The number of aromatic hydroxyl groups is 2. The van der Waals surface area contributed by atoms with E-state index >= 15 is 0 Å². The lowest BCUT2D eigenvalue weighted by Gasteiger charge is -2.11. The van der Waals surface area contributed by atoms with Gasteiger partial charge in [0.05, 0.1) is 0 Å².